The van der Waals surface area contributed by atoms with Crippen LogP contribution in [0.15, 0.2) is 23.2 Å². The van der Waals surface area contributed by atoms with Crippen molar-refractivity contribution in [3.05, 3.63) is 18.3 Å². The summed E-state index contributed by atoms with van der Waals surface area (Å²) < 4.78 is 27.0. The van der Waals surface area contributed by atoms with Gasteiger partial charge in [0.1, 0.15) is 10.7 Å². The molecule has 0 spiro atoms. The van der Waals surface area contributed by atoms with Crippen LogP contribution in [0.1, 0.15) is 34.1 Å². The van der Waals surface area contributed by atoms with Crippen molar-refractivity contribution < 1.29 is 8.42 Å². The highest BCUT2D eigenvalue weighted by molar-refractivity contribution is 7.89. The highest BCUT2D eigenvalue weighted by Crippen LogP contribution is 2.23. The molecular weight excluding hydrogens is 274 g/mol. The number of hydrogen-bond acceptors (Lipinski definition) is 4. The monoisotopic (exact) mass is 299 g/mol. The van der Waals surface area contributed by atoms with Gasteiger partial charge in [0.05, 0.1) is 0 Å². The van der Waals surface area contributed by atoms with Crippen LogP contribution in [0.2, 0.25) is 0 Å². The van der Waals surface area contributed by atoms with Crippen LogP contribution in [0.5, 0.6) is 0 Å². The number of aromatic nitrogens is 1. The lowest BCUT2D eigenvalue weighted by Gasteiger charge is -2.23. The fraction of sp³-hybridized carbons (Fsp3) is 0.643. The third-order valence-electron chi connectivity index (χ3n) is 2.85. The number of hydrogen-bond donors (Lipinski definition) is 1. The first kappa shape index (κ1) is 16.9. The molecule has 0 aliphatic carbocycles. The molecule has 0 saturated carbocycles. The molecule has 0 unspecified atom stereocenters. The Kier molecular flexibility index (Phi) is 6.42. The molecule has 1 aromatic rings. The van der Waals surface area contributed by atoms with E-state index in [-0.39, 0.29) is 10.8 Å². The van der Waals surface area contributed by atoms with Crippen LogP contribution >= 0.6 is 0 Å². The van der Waals surface area contributed by atoms with Crippen molar-refractivity contribution >= 4 is 15.8 Å². The Morgan fingerprint density at radius 1 is 1.35 bits per heavy atom. The summed E-state index contributed by atoms with van der Waals surface area (Å²) in [5.41, 5.74) is 0. The molecule has 1 aromatic heterocycles. The van der Waals surface area contributed by atoms with Gasteiger partial charge >= 0.3 is 0 Å². The standard InChI is InChI=1S/C14H25N3O2S/c1-5-9-15-14-13(8-7-10-16-14)20(18,19)17(6-2)11-12(3)4/h7-8,10,12H,5-6,9,11H2,1-4H3,(H,15,16). The van der Waals surface area contributed by atoms with Gasteiger partial charge in [0.25, 0.3) is 0 Å². The van der Waals surface area contributed by atoms with Gasteiger partial charge in [0.15, 0.2) is 0 Å². The van der Waals surface area contributed by atoms with E-state index in [1.54, 1.807) is 18.3 Å². The molecule has 0 bridgehead atoms. The van der Waals surface area contributed by atoms with Crippen LogP contribution in [-0.4, -0.2) is 37.3 Å². The number of sulfonamides is 1. The lowest BCUT2D eigenvalue weighted by atomic mass is 10.2. The third kappa shape index (κ3) is 4.18. The number of nitrogens with zero attached hydrogens (tertiary/aromatic N) is 2. The number of anilines is 1. The summed E-state index contributed by atoms with van der Waals surface area (Å²) in [4.78, 5) is 4.42. The average Bonchev–Trinajstić information content (AvgIpc) is 2.42. The second-order valence-corrected chi connectivity index (χ2v) is 7.03. The lowest BCUT2D eigenvalue weighted by Crippen LogP contribution is -2.34. The van der Waals surface area contributed by atoms with E-state index in [2.05, 4.69) is 10.3 Å². The van der Waals surface area contributed by atoms with Gasteiger partial charge in [-0.2, -0.15) is 4.31 Å². The molecule has 0 fully saturated rings. The maximum Gasteiger partial charge on any atom is 0.246 e. The predicted molar refractivity (Wildman–Crippen MR) is 82.3 cm³/mol. The summed E-state index contributed by atoms with van der Waals surface area (Å²) >= 11 is 0. The van der Waals surface area contributed by atoms with E-state index in [1.807, 2.05) is 27.7 Å². The van der Waals surface area contributed by atoms with Crippen LogP contribution in [0.3, 0.4) is 0 Å². The van der Waals surface area contributed by atoms with Crippen molar-refractivity contribution in [3.8, 4) is 0 Å². The van der Waals surface area contributed by atoms with Crippen LogP contribution in [0, 0.1) is 5.92 Å². The molecule has 0 saturated heterocycles. The summed E-state index contributed by atoms with van der Waals surface area (Å²) in [6.45, 7) is 9.59. The smallest absolute Gasteiger partial charge is 0.246 e. The Bertz CT molecular complexity index is 515. The molecule has 0 aliphatic rings. The Morgan fingerprint density at radius 2 is 2.05 bits per heavy atom. The fourth-order valence-corrected chi connectivity index (χ4v) is 3.65. The van der Waals surface area contributed by atoms with Crippen molar-refractivity contribution in [1.82, 2.24) is 9.29 Å². The van der Waals surface area contributed by atoms with E-state index in [4.69, 9.17) is 0 Å². The molecule has 5 nitrogen and oxygen atoms in total. The third-order valence-corrected chi connectivity index (χ3v) is 4.82. The number of rotatable bonds is 8. The highest BCUT2D eigenvalue weighted by Gasteiger charge is 2.26. The van der Waals surface area contributed by atoms with Gasteiger partial charge in [-0.05, 0) is 24.5 Å². The highest BCUT2D eigenvalue weighted by atomic mass is 32.2. The minimum absolute atomic E-state index is 0.260. The molecule has 1 N–H and O–H groups in total. The Morgan fingerprint density at radius 3 is 2.60 bits per heavy atom. The molecule has 0 radical (unpaired) electrons. The largest absolute Gasteiger partial charge is 0.369 e. The molecule has 1 heterocycles. The van der Waals surface area contributed by atoms with Crippen molar-refractivity contribution in [2.75, 3.05) is 25.0 Å². The van der Waals surface area contributed by atoms with Crippen LogP contribution in [0.4, 0.5) is 5.82 Å². The second-order valence-electron chi connectivity index (χ2n) is 5.13. The van der Waals surface area contributed by atoms with E-state index >= 15 is 0 Å². The van der Waals surface area contributed by atoms with Crippen LogP contribution in [-0.2, 0) is 10.0 Å². The van der Waals surface area contributed by atoms with E-state index in [0.717, 1.165) is 6.42 Å². The molecule has 6 heteroatoms. The summed E-state index contributed by atoms with van der Waals surface area (Å²) in [5.74, 6) is 0.727. The normalized spacial score (nSPS) is 12.1. The SMILES string of the molecule is CCCNc1ncccc1S(=O)(=O)N(CC)CC(C)C. The molecular formula is C14H25N3O2S. The number of pyridine rings is 1. The van der Waals surface area contributed by atoms with Crippen molar-refractivity contribution in [2.24, 2.45) is 5.92 Å². The first-order chi connectivity index (χ1) is 9.43. The predicted octanol–water partition coefficient (Wildman–Crippen LogP) is 2.57. The minimum Gasteiger partial charge on any atom is -0.369 e. The maximum absolute atomic E-state index is 12.7. The quantitative estimate of drug-likeness (QED) is 0.801. The van der Waals surface area contributed by atoms with E-state index in [0.29, 0.717) is 25.5 Å². The number of nitrogens with one attached hydrogen (secondary N) is 1. The summed E-state index contributed by atoms with van der Waals surface area (Å²) in [7, 11) is -3.50. The average molecular weight is 299 g/mol. The van der Waals surface area contributed by atoms with Gasteiger partial charge in [-0.25, -0.2) is 13.4 Å². The zero-order chi connectivity index (χ0) is 15.2. The van der Waals surface area contributed by atoms with Crippen molar-refractivity contribution in [1.29, 1.82) is 0 Å². The first-order valence-electron chi connectivity index (χ1n) is 7.12. The molecule has 0 amide bonds. The molecule has 0 aliphatic heterocycles. The molecule has 20 heavy (non-hydrogen) atoms. The zero-order valence-corrected chi connectivity index (χ0v) is 13.6. The lowest BCUT2D eigenvalue weighted by molar-refractivity contribution is 0.381. The van der Waals surface area contributed by atoms with Gasteiger partial charge in [0, 0.05) is 25.8 Å². The maximum atomic E-state index is 12.7. The summed E-state index contributed by atoms with van der Waals surface area (Å²) in [6.07, 6.45) is 2.52. The molecule has 114 valence electrons. The summed E-state index contributed by atoms with van der Waals surface area (Å²) in [6, 6.07) is 3.27. The fourth-order valence-electron chi connectivity index (χ4n) is 1.92. The molecule has 1 rings (SSSR count). The minimum atomic E-state index is -3.50. The van der Waals surface area contributed by atoms with E-state index in [9.17, 15) is 8.42 Å². The van der Waals surface area contributed by atoms with Gasteiger partial charge in [-0.3, -0.25) is 0 Å². The van der Waals surface area contributed by atoms with Crippen LogP contribution in [0.25, 0.3) is 0 Å². The Hall–Kier alpha value is -1.14. The van der Waals surface area contributed by atoms with E-state index in [1.165, 1.54) is 4.31 Å². The Balaban J connectivity index is 3.13. The van der Waals surface area contributed by atoms with Gasteiger partial charge in [-0.1, -0.05) is 27.7 Å². The molecule has 0 atom stereocenters. The first-order valence-corrected chi connectivity index (χ1v) is 8.56. The molecule has 0 aromatic carbocycles. The van der Waals surface area contributed by atoms with Crippen molar-refractivity contribution in [2.45, 2.75) is 39.0 Å². The van der Waals surface area contributed by atoms with Gasteiger partial charge in [-0.15, -0.1) is 0 Å². The van der Waals surface area contributed by atoms with E-state index < -0.39 is 10.0 Å². The van der Waals surface area contributed by atoms with Crippen LogP contribution < -0.4 is 5.32 Å². The van der Waals surface area contributed by atoms with Gasteiger partial charge in [0.2, 0.25) is 10.0 Å². The Labute approximate surface area is 122 Å². The zero-order valence-electron chi connectivity index (χ0n) is 12.8. The second kappa shape index (κ2) is 7.59. The topological polar surface area (TPSA) is 62.3 Å². The van der Waals surface area contributed by atoms with Crippen molar-refractivity contribution in [3.63, 3.8) is 0 Å². The summed E-state index contributed by atoms with van der Waals surface area (Å²) in [5, 5.41) is 3.08. The van der Waals surface area contributed by atoms with Gasteiger partial charge < -0.3 is 5.32 Å².